The molecule has 1 fully saturated rings. The van der Waals surface area contributed by atoms with E-state index in [-0.39, 0.29) is 29.7 Å². The van der Waals surface area contributed by atoms with E-state index < -0.39 is 0 Å². The molecule has 1 heterocycles. The van der Waals surface area contributed by atoms with Crippen LogP contribution in [0.2, 0.25) is 0 Å². The SMILES string of the molecule is CC1(CO)CCCC1NC(=O)CCCc1ccc2[nH]c(=O)[nH]c2c1. The molecule has 1 aromatic heterocycles. The molecule has 0 radical (unpaired) electrons. The van der Waals surface area contributed by atoms with Gasteiger partial charge in [0.15, 0.2) is 0 Å². The van der Waals surface area contributed by atoms with Gasteiger partial charge in [-0.2, -0.15) is 0 Å². The van der Waals surface area contributed by atoms with Gasteiger partial charge in [0.2, 0.25) is 5.91 Å². The van der Waals surface area contributed by atoms with Crippen LogP contribution in [0.15, 0.2) is 23.0 Å². The first kappa shape index (κ1) is 16.8. The van der Waals surface area contributed by atoms with Gasteiger partial charge < -0.3 is 20.4 Å². The third-order valence-electron chi connectivity index (χ3n) is 5.23. The van der Waals surface area contributed by atoms with Crippen LogP contribution in [0.25, 0.3) is 11.0 Å². The summed E-state index contributed by atoms with van der Waals surface area (Å²) in [5.74, 6) is 0.0534. The summed E-state index contributed by atoms with van der Waals surface area (Å²) in [5, 5.41) is 12.6. The zero-order chi connectivity index (χ0) is 17.2. The molecule has 1 aliphatic rings. The number of hydrogen-bond donors (Lipinski definition) is 4. The fraction of sp³-hybridized carbons (Fsp3) is 0.556. The smallest absolute Gasteiger partial charge is 0.323 e. The minimum absolute atomic E-state index is 0.0534. The number of aliphatic hydroxyl groups is 1. The van der Waals surface area contributed by atoms with E-state index in [2.05, 4.69) is 15.3 Å². The second kappa shape index (κ2) is 6.81. The van der Waals surface area contributed by atoms with Gasteiger partial charge in [0.1, 0.15) is 0 Å². The molecule has 2 aromatic rings. The molecule has 1 saturated carbocycles. The van der Waals surface area contributed by atoms with Crippen molar-refractivity contribution in [2.45, 2.75) is 51.5 Å². The predicted octanol–water partition coefficient (Wildman–Crippen LogP) is 1.85. The highest BCUT2D eigenvalue weighted by Crippen LogP contribution is 2.37. The number of aromatic amines is 2. The average molecular weight is 331 g/mol. The molecular formula is C18H25N3O3. The van der Waals surface area contributed by atoms with Crippen LogP contribution in [0.4, 0.5) is 0 Å². The minimum atomic E-state index is -0.204. The van der Waals surface area contributed by atoms with E-state index in [1.807, 2.05) is 25.1 Å². The molecule has 6 heteroatoms. The number of imidazole rings is 1. The van der Waals surface area contributed by atoms with E-state index >= 15 is 0 Å². The van der Waals surface area contributed by atoms with Crippen LogP contribution >= 0.6 is 0 Å². The molecule has 6 nitrogen and oxygen atoms in total. The Bertz CT molecular complexity index is 779. The third kappa shape index (κ3) is 3.53. The van der Waals surface area contributed by atoms with Crippen molar-refractivity contribution in [1.29, 1.82) is 0 Å². The standard InChI is InChI=1S/C18H25N3O3/c1-18(11-22)9-3-5-15(18)21-16(23)6-2-4-12-7-8-13-14(10-12)20-17(24)19-13/h7-8,10,15,22H,2-6,9,11H2,1H3,(H,21,23)(H2,19,20,24). The summed E-state index contributed by atoms with van der Waals surface area (Å²) >= 11 is 0. The quantitative estimate of drug-likeness (QED) is 0.650. The number of aromatic nitrogens is 2. The number of benzene rings is 1. The van der Waals surface area contributed by atoms with Crippen molar-refractivity contribution in [1.82, 2.24) is 15.3 Å². The second-order valence-electron chi connectivity index (χ2n) is 7.14. The Labute approximate surface area is 140 Å². The van der Waals surface area contributed by atoms with Crippen molar-refractivity contribution in [2.75, 3.05) is 6.61 Å². The van der Waals surface area contributed by atoms with Crippen molar-refractivity contribution in [3.63, 3.8) is 0 Å². The van der Waals surface area contributed by atoms with E-state index in [0.29, 0.717) is 6.42 Å². The van der Waals surface area contributed by atoms with Crippen molar-refractivity contribution < 1.29 is 9.90 Å². The molecule has 0 saturated heterocycles. The number of aliphatic hydroxyl groups excluding tert-OH is 1. The number of hydrogen-bond acceptors (Lipinski definition) is 3. The number of aryl methyl sites for hydroxylation is 1. The summed E-state index contributed by atoms with van der Waals surface area (Å²) in [5.41, 5.74) is 2.31. The van der Waals surface area contributed by atoms with Gasteiger partial charge in [0, 0.05) is 17.9 Å². The fourth-order valence-corrected chi connectivity index (χ4v) is 3.62. The maximum Gasteiger partial charge on any atom is 0.323 e. The van der Waals surface area contributed by atoms with Gasteiger partial charge in [0.05, 0.1) is 17.6 Å². The predicted molar refractivity (Wildman–Crippen MR) is 92.8 cm³/mol. The largest absolute Gasteiger partial charge is 0.396 e. The number of H-pyrrole nitrogens is 2. The summed E-state index contributed by atoms with van der Waals surface area (Å²) < 4.78 is 0. The van der Waals surface area contributed by atoms with Crippen molar-refractivity contribution in [3.8, 4) is 0 Å². The Balaban J connectivity index is 1.50. The maximum atomic E-state index is 12.2. The molecule has 1 aliphatic carbocycles. The van der Waals surface area contributed by atoms with Crippen molar-refractivity contribution in [3.05, 3.63) is 34.2 Å². The van der Waals surface area contributed by atoms with Crippen LogP contribution in [-0.2, 0) is 11.2 Å². The molecular weight excluding hydrogens is 306 g/mol. The van der Waals surface area contributed by atoms with Crippen LogP contribution in [0, 0.1) is 5.41 Å². The highest BCUT2D eigenvalue weighted by Gasteiger charge is 2.38. The maximum absolute atomic E-state index is 12.2. The second-order valence-corrected chi connectivity index (χ2v) is 7.14. The lowest BCUT2D eigenvalue weighted by Crippen LogP contribution is -2.44. The normalized spacial score (nSPS) is 23.7. The van der Waals surface area contributed by atoms with Crippen LogP contribution in [0.1, 0.15) is 44.6 Å². The number of rotatable bonds is 6. The van der Waals surface area contributed by atoms with Gasteiger partial charge >= 0.3 is 5.69 Å². The average Bonchev–Trinajstić information content (AvgIpc) is 3.09. The monoisotopic (exact) mass is 331 g/mol. The Hall–Kier alpha value is -2.08. The van der Waals surface area contributed by atoms with Gasteiger partial charge in [-0.3, -0.25) is 4.79 Å². The van der Waals surface area contributed by atoms with Crippen LogP contribution in [0.3, 0.4) is 0 Å². The van der Waals surface area contributed by atoms with Gasteiger partial charge in [0.25, 0.3) is 0 Å². The summed E-state index contributed by atoms with van der Waals surface area (Å²) in [6.45, 7) is 2.16. The van der Waals surface area contributed by atoms with E-state index in [4.69, 9.17) is 0 Å². The summed E-state index contributed by atoms with van der Waals surface area (Å²) in [4.78, 5) is 28.9. The van der Waals surface area contributed by atoms with Crippen molar-refractivity contribution in [2.24, 2.45) is 5.41 Å². The molecule has 2 atom stereocenters. The van der Waals surface area contributed by atoms with E-state index in [1.54, 1.807) is 0 Å². The summed E-state index contributed by atoms with van der Waals surface area (Å²) in [7, 11) is 0. The highest BCUT2D eigenvalue weighted by molar-refractivity contribution is 5.76. The zero-order valence-electron chi connectivity index (χ0n) is 14.0. The molecule has 2 unspecified atom stereocenters. The Morgan fingerprint density at radius 3 is 2.96 bits per heavy atom. The van der Waals surface area contributed by atoms with Crippen LogP contribution in [0.5, 0.6) is 0 Å². The summed E-state index contributed by atoms with van der Waals surface area (Å²) in [6.07, 6.45) is 4.98. The highest BCUT2D eigenvalue weighted by atomic mass is 16.3. The third-order valence-corrected chi connectivity index (χ3v) is 5.23. The molecule has 0 spiro atoms. The van der Waals surface area contributed by atoms with Gasteiger partial charge in [-0.05, 0) is 43.4 Å². The first-order valence-corrected chi connectivity index (χ1v) is 8.61. The molecule has 24 heavy (non-hydrogen) atoms. The molecule has 1 amide bonds. The molecule has 3 rings (SSSR count). The van der Waals surface area contributed by atoms with Crippen molar-refractivity contribution >= 4 is 16.9 Å². The Kier molecular flexibility index (Phi) is 4.76. The lowest BCUT2D eigenvalue weighted by Gasteiger charge is -2.30. The van der Waals surface area contributed by atoms with Crippen LogP contribution < -0.4 is 11.0 Å². The number of carbonyl (C=O) groups is 1. The van der Waals surface area contributed by atoms with Crippen LogP contribution in [-0.4, -0.2) is 33.6 Å². The topological polar surface area (TPSA) is 98.0 Å². The van der Waals surface area contributed by atoms with E-state index in [0.717, 1.165) is 48.7 Å². The Morgan fingerprint density at radius 2 is 2.17 bits per heavy atom. The summed E-state index contributed by atoms with van der Waals surface area (Å²) in [6, 6.07) is 5.89. The molecule has 1 aromatic carbocycles. The van der Waals surface area contributed by atoms with Gasteiger partial charge in [-0.25, -0.2) is 4.79 Å². The first-order chi connectivity index (χ1) is 11.5. The molecule has 0 aliphatic heterocycles. The van der Waals surface area contributed by atoms with Gasteiger partial charge in [-0.1, -0.05) is 19.4 Å². The molecule has 0 bridgehead atoms. The first-order valence-electron chi connectivity index (χ1n) is 8.61. The van der Waals surface area contributed by atoms with E-state index in [9.17, 15) is 14.7 Å². The lowest BCUT2D eigenvalue weighted by atomic mass is 9.85. The zero-order valence-corrected chi connectivity index (χ0v) is 14.0. The number of amides is 1. The molecule has 4 N–H and O–H groups in total. The molecule has 130 valence electrons. The minimum Gasteiger partial charge on any atom is -0.396 e. The number of nitrogens with one attached hydrogen (secondary N) is 3. The lowest BCUT2D eigenvalue weighted by molar-refractivity contribution is -0.122. The number of fused-ring (bicyclic) bond motifs is 1. The van der Waals surface area contributed by atoms with Gasteiger partial charge in [-0.15, -0.1) is 0 Å². The number of carbonyl (C=O) groups excluding carboxylic acids is 1. The van der Waals surface area contributed by atoms with E-state index in [1.165, 1.54) is 0 Å². The fourth-order valence-electron chi connectivity index (χ4n) is 3.62. The Morgan fingerprint density at radius 1 is 1.38 bits per heavy atom.